The number of halogens is 3. The van der Waals surface area contributed by atoms with Crippen LogP contribution in [0.4, 0.5) is 13.2 Å². The van der Waals surface area contributed by atoms with E-state index in [2.05, 4.69) is 15.3 Å². The van der Waals surface area contributed by atoms with E-state index < -0.39 is 32.4 Å². The van der Waals surface area contributed by atoms with E-state index >= 15 is 0 Å². The molecule has 8 nitrogen and oxygen atoms in total. The van der Waals surface area contributed by atoms with E-state index in [4.69, 9.17) is 4.42 Å². The average molecular weight is 475 g/mol. The third-order valence-corrected chi connectivity index (χ3v) is 7.24. The van der Waals surface area contributed by atoms with E-state index in [0.29, 0.717) is 18.1 Å². The van der Waals surface area contributed by atoms with Gasteiger partial charge in [0.15, 0.2) is 5.69 Å². The zero-order chi connectivity index (χ0) is 23.3. The van der Waals surface area contributed by atoms with Crippen molar-refractivity contribution in [3.63, 3.8) is 0 Å². The minimum Gasteiger partial charge on any atom is -0.414 e. The summed E-state index contributed by atoms with van der Waals surface area (Å²) in [5.74, 6) is -2.55. The summed E-state index contributed by atoms with van der Waals surface area (Å²) in [5, 5.41) is 12.3. The molecule has 5 rings (SSSR count). The zero-order valence-electron chi connectivity index (χ0n) is 17.2. The number of rotatable bonds is 4. The Balaban J connectivity index is 1.52. The van der Waals surface area contributed by atoms with Gasteiger partial charge in [0, 0.05) is 43.9 Å². The highest BCUT2D eigenvalue weighted by Crippen LogP contribution is 2.33. The number of benzene rings is 2. The third kappa shape index (κ3) is 3.70. The molecule has 3 heterocycles. The molecule has 0 fully saturated rings. The Kier molecular flexibility index (Phi) is 5.05. The Morgan fingerprint density at radius 1 is 1.00 bits per heavy atom. The maximum atomic E-state index is 14.1. The van der Waals surface area contributed by atoms with Gasteiger partial charge in [-0.3, -0.25) is 4.68 Å². The van der Waals surface area contributed by atoms with E-state index in [-0.39, 0.29) is 36.1 Å². The summed E-state index contributed by atoms with van der Waals surface area (Å²) in [7, 11) is -2.49. The van der Waals surface area contributed by atoms with Crippen molar-refractivity contribution >= 4 is 10.0 Å². The van der Waals surface area contributed by atoms with E-state index in [9.17, 15) is 21.6 Å². The minimum absolute atomic E-state index is 0.00107. The summed E-state index contributed by atoms with van der Waals surface area (Å²) in [6.45, 7) is -0.0207. The lowest BCUT2D eigenvalue weighted by atomic mass is 10.1. The molecule has 1 aliphatic heterocycles. The first-order valence-corrected chi connectivity index (χ1v) is 11.3. The Hall–Kier alpha value is -3.51. The SMILES string of the molecule is Cn1nc(-c2nnc(-c3ccccc3F)o2)c2c1CCN(S(=O)(=O)c1cc(F)cc(F)c1)C2. The van der Waals surface area contributed by atoms with Crippen LogP contribution in [0.5, 0.6) is 0 Å². The molecular formula is C21H16F3N5O3S. The Labute approximate surface area is 186 Å². The molecule has 0 aliphatic carbocycles. The smallest absolute Gasteiger partial charge is 0.268 e. The Morgan fingerprint density at radius 2 is 1.70 bits per heavy atom. The predicted octanol–water partition coefficient (Wildman–Crippen LogP) is 3.30. The van der Waals surface area contributed by atoms with Gasteiger partial charge in [-0.2, -0.15) is 9.40 Å². The molecule has 2 aromatic carbocycles. The molecule has 0 saturated carbocycles. The van der Waals surface area contributed by atoms with Gasteiger partial charge in [-0.1, -0.05) is 12.1 Å². The first-order valence-electron chi connectivity index (χ1n) is 9.84. The second-order valence-electron chi connectivity index (χ2n) is 7.48. The van der Waals surface area contributed by atoms with Crippen LogP contribution < -0.4 is 0 Å². The minimum atomic E-state index is -4.18. The second kappa shape index (κ2) is 7.81. The zero-order valence-corrected chi connectivity index (χ0v) is 18.0. The molecule has 0 amide bonds. The van der Waals surface area contributed by atoms with Gasteiger partial charge in [-0.25, -0.2) is 21.6 Å². The predicted molar refractivity (Wildman–Crippen MR) is 110 cm³/mol. The number of fused-ring (bicyclic) bond motifs is 1. The standard InChI is InChI=1S/C21H16F3N5O3S/c1-28-18-6-7-29(33(30,31)14-9-12(22)8-13(23)10-14)11-16(18)19(27-28)21-26-25-20(32-21)15-4-2-3-5-17(15)24/h2-5,8-10H,6-7,11H2,1H3. The molecular weight excluding hydrogens is 459 g/mol. The van der Waals surface area contributed by atoms with E-state index in [1.165, 1.54) is 18.2 Å². The van der Waals surface area contributed by atoms with Crippen LogP contribution in [0.3, 0.4) is 0 Å². The highest BCUT2D eigenvalue weighted by molar-refractivity contribution is 7.89. The van der Waals surface area contributed by atoms with Gasteiger partial charge in [-0.05, 0) is 24.3 Å². The van der Waals surface area contributed by atoms with Crippen molar-refractivity contribution in [2.24, 2.45) is 7.05 Å². The lowest BCUT2D eigenvalue weighted by molar-refractivity contribution is 0.385. The van der Waals surface area contributed by atoms with Crippen molar-refractivity contribution in [2.45, 2.75) is 17.9 Å². The summed E-state index contributed by atoms with van der Waals surface area (Å²) >= 11 is 0. The van der Waals surface area contributed by atoms with Gasteiger partial charge in [-0.15, -0.1) is 10.2 Å². The molecule has 0 N–H and O–H groups in total. The Morgan fingerprint density at radius 3 is 2.42 bits per heavy atom. The first kappa shape index (κ1) is 21.3. The van der Waals surface area contributed by atoms with E-state index in [1.54, 1.807) is 17.8 Å². The van der Waals surface area contributed by atoms with Gasteiger partial charge >= 0.3 is 0 Å². The van der Waals surface area contributed by atoms with Crippen LogP contribution in [0.25, 0.3) is 23.0 Å². The molecule has 0 bridgehead atoms. The number of aryl methyl sites for hydroxylation is 1. The second-order valence-corrected chi connectivity index (χ2v) is 9.42. The topological polar surface area (TPSA) is 94.1 Å². The highest BCUT2D eigenvalue weighted by Gasteiger charge is 2.34. The van der Waals surface area contributed by atoms with Crippen LogP contribution in [0.15, 0.2) is 51.8 Å². The quantitative estimate of drug-likeness (QED) is 0.450. The molecule has 2 aromatic heterocycles. The molecule has 0 radical (unpaired) electrons. The first-order chi connectivity index (χ1) is 15.7. The maximum Gasteiger partial charge on any atom is 0.268 e. The summed E-state index contributed by atoms with van der Waals surface area (Å²) in [6.07, 6.45) is 0.310. The lowest BCUT2D eigenvalue weighted by Gasteiger charge is -2.26. The fourth-order valence-corrected chi connectivity index (χ4v) is 5.29. The van der Waals surface area contributed by atoms with Crippen molar-refractivity contribution < 1.29 is 26.0 Å². The fraction of sp³-hybridized carbons (Fsp3) is 0.190. The van der Waals surface area contributed by atoms with Crippen molar-refractivity contribution in [3.8, 4) is 23.0 Å². The fourth-order valence-electron chi connectivity index (χ4n) is 3.83. The molecule has 4 aromatic rings. The van der Waals surface area contributed by atoms with Crippen LogP contribution >= 0.6 is 0 Å². The van der Waals surface area contributed by atoms with Gasteiger partial charge < -0.3 is 4.42 Å². The van der Waals surface area contributed by atoms with Crippen LogP contribution in [0, 0.1) is 17.5 Å². The summed E-state index contributed by atoms with van der Waals surface area (Å²) in [5.41, 5.74) is 1.66. The number of hydrogen-bond acceptors (Lipinski definition) is 6. The number of sulfonamides is 1. The number of hydrogen-bond donors (Lipinski definition) is 0. The van der Waals surface area contributed by atoms with Crippen LogP contribution in [0.1, 0.15) is 11.3 Å². The molecule has 0 atom stereocenters. The monoisotopic (exact) mass is 475 g/mol. The Bertz CT molecular complexity index is 1460. The summed E-state index contributed by atoms with van der Waals surface area (Å²) in [6, 6.07) is 8.07. The van der Waals surface area contributed by atoms with Crippen LogP contribution in [-0.2, 0) is 30.0 Å². The average Bonchev–Trinajstić information content (AvgIpc) is 3.38. The van der Waals surface area contributed by atoms with Crippen molar-refractivity contribution in [2.75, 3.05) is 6.54 Å². The molecule has 0 saturated heterocycles. The normalized spacial score (nSPS) is 14.4. The van der Waals surface area contributed by atoms with Gasteiger partial charge in [0.25, 0.3) is 11.8 Å². The maximum absolute atomic E-state index is 14.1. The summed E-state index contributed by atoms with van der Waals surface area (Å²) in [4.78, 5) is -0.478. The van der Waals surface area contributed by atoms with E-state index in [0.717, 1.165) is 22.1 Å². The van der Waals surface area contributed by atoms with Crippen molar-refractivity contribution in [1.82, 2.24) is 24.3 Å². The lowest BCUT2D eigenvalue weighted by Crippen LogP contribution is -2.36. The van der Waals surface area contributed by atoms with Gasteiger partial charge in [0.05, 0.1) is 10.5 Å². The van der Waals surface area contributed by atoms with Crippen LogP contribution in [-0.4, -0.2) is 39.2 Å². The van der Waals surface area contributed by atoms with Crippen molar-refractivity contribution in [1.29, 1.82) is 0 Å². The van der Waals surface area contributed by atoms with Gasteiger partial charge in [0.2, 0.25) is 10.0 Å². The van der Waals surface area contributed by atoms with E-state index in [1.807, 2.05) is 0 Å². The number of aromatic nitrogens is 4. The van der Waals surface area contributed by atoms with Crippen molar-refractivity contribution in [3.05, 3.63) is 71.2 Å². The van der Waals surface area contributed by atoms with Crippen LogP contribution in [0.2, 0.25) is 0 Å². The third-order valence-electron chi connectivity index (χ3n) is 5.41. The largest absolute Gasteiger partial charge is 0.414 e. The highest BCUT2D eigenvalue weighted by atomic mass is 32.2. The molecule has 33 heavy (non-hydrogen) atoms. The molecule has 1 aliphatic rings. The summed E-state index contributed by atoms with van der Waals surface area (Å²) < 4.78 is 75.8. The van der Waals surface area contributed by atoms with Gasteiger partial charge in [0.1, 0.15) is 17.5 Å². The number of nitrogens with zero attached hydrogens (tertiary/aromatic N) is 5. The molecule has 170 valence electrons. The molecule has 12 heteroatoms. The molecule has 0 unspecified atom stereocenters. The molecule has 0 spiro atoms.